The van der Waals surface area contributed by atoms with Crippen LogP contribution in [0.4, 0.5) is 0 Å². The van der Waals surface area contributed by atoms with Crippen molar-refractivity contribution in [1.82, 2.24) is 4.34 Å². The molecule has 0 bridgehead atoms. The van der Waals surface area contributed by atoms with Crippen molar-refractivity contribution in [3.05, 3.63) is 0 Å². The summed E-state index contributed by atoms with van der Waals surface area (Å²) in [6.07, 6.45) is 1.53. The van der Waals surface area contributed by atoms with Crippen LogP contribution in [0.3, 0.4) is 0 Å². The van der Waals surface area contributed by atoms with Gasteiger partial charge in [-0.2, -0.15) is 5.10 Å². The molecule has 5 heteroatoms. The maximum atomic E-state index is 11.6. The van der Waals surface area contributed by atoms with Crippen molar-refractivity contribution in [2.24, 2.45) is 5.10 Å². The Morgan fingerprint density at radius 2 is 1.67 bits per heavy atom. The second kappa shape index (κ2) is 6.95. The second-order valence-corrected chi connectivity index (χ2v) is 10.5. The van der Waals surface area contributed by atoms with Gasteiger partial charge in [-0.25, -0.2) is 0 Å². The molecule has 0 aliphatic carbocycles. The Morgan fingerprint density at radius 3 is 2.00 bits per heavy atom. The van der Waals surface area contributed by atoms with Crippen LogP contribution < -0.4 is 0 Å². The van der Waals surface area contributed by atoms with Crippen molar-refractivity contribution < 1.29 is 4.79 Å². The predicted octanol–water partition coefficient (Wildman–Crippen LogP) is 2.00. The highest BCUT2D eigenvalue weighted by Gasteiger charge is 2.14. The Kier molecular flexibility index (Phi) is 6.75. The summed E-state index contributed by atoms with van der Waals surface area (Å²) in [5.74, 6) is 0.201. The lowest BCUT2D eigenvalue weighted by atomic mass is 10.2. The maximum absolute atomic E-state index is 11.6. The molecular formula is C10H24N2OSi2. The summed E-state index contributed by atoms with van der Waals surface area (Å²) < 4.78 is 2.25. The Labute approximate surface area is 96.9 Å². The molecule has 0 amide bonds. The van der Waals surface area contributed by atoms with Crippen molar-refractivity contribution in [2.45, 2.75) is 52.9 Å². The molecule has 88 valence electrons. The molecule has 0 unspecified atom stereocenters. The topological polar surface area (TPSA) is 32.7 Å². The van der Waals surface area contributed by atoms with E-state index in [4.69, 9.17) is 0 Å². The zero-order valence-corrected chi connectivity index (χ0v) is 13.2. The van der Waals surface area contributed by atoms with Crippen LogP contribution in [0.25, 0.3) is 0 Å². The van der Waals surface area contributed by atoms with Gasteiger partial charge in [0, 0.05) is 6.42 Å². The molecule has 0 saturated carbocycles. The summed E-state index contributed by atoms with van der Waals surface area (Å²) in [4.78, 5) is 11.6. The first-order valence-electron chi connectivity index (χ1n) is 5.76. The van der Waals surface area contributed by atoms with E-state index in [0.717, 1.165) is 6.42 Å². The summed E-state index contributed by atoms with van der Waals surface area (Å²) in [5, 5.41) is 4.52. The molecule has 0 aromatic rings. The van der Waals surface area contributed by atoms with E-state index in [2.05, 4.69) is 35.6 Å². The van der Waals surface area contributed by atoms with Gasteiger partial charge >= 0.3 is 0 Å². The first kappa shape index (κ1) is 14.6. The van der Waals surface area contributed by atoms with Crippen LogP contribution >= 0.6 is 0 Å². The van der Waals surface area contributed by atoms with Crippen molar-refractivity contribution >= 4 is 29.4 Å². The smallest absolute Gasteiger partial charge is 0.178 e. The van der Waals surface area contributed by atoms with Gasteiger partial charge in [0.05, 0.1) is 5.71 Å². The first-order chi connectivity index (χ1) is 6.90. The third-order valence-electron chi connectivity index (χ3n) is 2.20. The average Bonchev–Trinajstić information content (AvgIpc) is 2.12. The molecule has 0 radical (unpaired) electrons. The van der Waals surface area contributed by atoms with Gasteiger partial charge in [0.25, 0.3) is 0 Å². The number of hydrogen-bond donors (Lipinski definition) is 0. The van der Waals surface area contributed by atoms with Gasteiger partial charge in [-0.15, -0.1) is 0 Å². The highest BCUT2D eigenvalue weighted by molar-refractivity contribution is 6.70. The second-order valence-electron chi connectivity index (χ2n) is 4.43. The van der Waals surface area contributed by atoms with Gasteiger partial charge in [0.15, 0.2) is 5.78 Å². The SMILES string of the molecule is CCCC(=O)C(C)=NN([SiH](C)C)[SiH](C)C. The summed E-state index contributed by atoms with van der Waals surface area (Å²) in [5.41, 5.74) is 0.694. The Balaban J connectivity index is 4.60. The molecule has 0 saturated heterocycles. The minimum atomic E-state index is -0.905. The monoisotopic (exact) mass is 244 g/mol. The van der Waals surface area contributed by atoms with E-state index in [9.17, 15) is 4.79 Å². The number of hydrogen-bond acceptors (Lipinski definition) is 3. The van der Waals surface area contributed by atoms with Crippen LogP contribution in [0, 0.1) is 0 Å². The van der Waals surface area contributed by atoms with Crippen molar-refractivity contribution in [2.75, 3.05) is 0 Å². The number of ketones is 1. The van der Waals surface area contributed by atoms with Crippen molar-refractivity contribution in [3.8, 4) is 0 Å². The third kappa shape index (κ3) is 5.27. The molecule has 0 aromatic heterocycles. The third-order valence-corrected chi connectivity index (χ3v) is 8.13. The molecule has 0 heterocycles. The molecule has 0 aromatic carbocycles. The van der Waals surface area contributed by atoms with Gasteiger partial charge < -0.3 is 4.34 Å². The average molecular weight is 244 g/mol. The molecule has 0 atom stereocenters. The first-order valence-corrected chi connectivity index (χ1v) is 11.4. The molecule has 0 aliphatic rings. The summed E-state index contributed by atoms with van der Waals surface area (Å²) in [6, 6.07) is 0. The molecule has 0 rings (SSSR count). The van der Waals surface area contributed by atoms with Gasteiger partial charge in [0.1, 0.15) is 17.9 Å². The van der Waals surface area contributed by atoms with Gasteiger partial charge in [-0.1, -0.05) is 33.1 Å². The van der Waals surface area contributed by atoms with Crippen molar-refractivity contribution in [1.29, 1.82) is 0 Å². The lowest BCUT2D eigenvalue weighted by Crippen LogP contribution is -2.40. The van der Waals surface area contributed by atoms with Gasteiger partial charge in [-0.05, 0) is 13.3 Å². The lowest BCUT2D eigenvalue weighted by molar-refractivity contribution is -0.113. The summed E-state index contributed by atoms with van der Waals surface area (Å²) >= 11 is 0. The number of hydrazone groups is 1. The molecule has 15 heavy (non-hydrogen) atoms. The van der Waals surface area contributed by atoms with Crippen molar-refractivity contribution in [3.63, 3.8) is 0 Å². The van der Waals surface area contributed by atoms with E-state index in [1.54, 1.807) is 0 Å². The molecule has 0 spiro atoms. The van der Waals surface area contributed by atoms with Crippen LogP contribution in [0.1, 0.15) is 26.7 Å². The van der Waals surface area contributed by atoms with Gasteiger partial charge in [0.2, 0.25) is 0 Å². The van der Waals surface area contributed by atoms with E-state index >= 15 is 0 Å². The number of Topliss-reactive ketones (excluding diaryl/α,β-unsaturated/α-hetero) is 1. The number of carbonyl (C=O) groups excluding carboxylic acids is 1. The van der Waals surface area contributed by atoms with Crippen LogP contribution in [-0.4, -0.2) is 33.8 Å². The molecular weight excluding hydrogens is 220 g/mol. The van der Waals surface area contributed by atoms with Crippen LogP contribution in [0.5, 0.6) is 0 Å². The lowest BCUT2D eigenvalue weighted by Gasteiger charge is -2.27. The highest BCUT2D eigenvalue weighted by Crippen LogP contribution is 2.03. The number of rotatable bonds is 6. The zero-order valence-electron chi connectivity index (χ0n) is 10.9. The standard InChI is InChI=1S/C10H24N2OSi2/c1-7-8-10(13)9(2)11-12(14(3)4)15(5)6/h14-15H,7-8H2,1-6H3. The summed E-state index contributed by atoms with van der Waals surface area (Å²) in [7, 11) is -1.81. The fraction of sp³-hybridized carbons (Fsp3) is 0.800. The van der Waals surface area contributed by atoms with Crippen LogP contribution in [0.2, 0.25) is 26.2 Å². The highest BCUT2D eigenvalue weighted by atomic mass is 28.3. The van der Waals surface area contributed by atoms with Crippen LogP contribution in [-0.2, 0) is 4.79 Å². The van der Waals surface area contributed by atoms with E-state index in [0.29, 0.717) is 12.1 Å². The van der Waals surface area contributed by atoms with E-state index in [-0.39, 0.29) is 5.78 Å². The quantitative estimate of drug-likeness (QED) is 0.407. The molecule has 0 aliphatic heterocycles. The number of carbonyl (C=O) groups is 1. The summed E-state index contributed by atoms with van der Waals surface area (Å²) in [6.45, 7) is 12.9. The largest absolute Gasteiger partial charge is 0.355 e. The molecule has 3 nitrogen and oxygen atoms in total. The normalized spacial score (nSPS) is 12.4. The zero-order chi connectivity index (χ0) is 12.0. The number of nitrogens with zero attached hydrogens (tertiary/aromatic N) is 2. The fourth-order valence-electron chi connectivity index (χ4n) is 1.46. The van der Waals surface area contributed by atoms with E-state index in [1.165, 1.54) is 0 Å². The predicted molar refractivity (Wildman–Crippen MR) is 72.6 cm³/mol. The maximum Gasteiger partial charge on any atom is 0.178 e. The minimum Gasteiger partial charge on any atom is -0.355 e. The van der Waals surface area contributed by atoms with E-state index in [1.807, 2.05) is 13.8 Å². The van der Waals surface area contributed by atoms with Gasteiger partial charge in [-0.3, -0.25) is 4.79 Å². The van der Waals surface area contributed by atoms with Crippen LogP contribution in [0.15, 0.2) is 5.10 Å². The Bertz CT molecular complexity index is 232. The van der Waals surface area contributed by atoms with E-state index < -0.39 is 17.9 Å². The fourth-order valence-corrected chi connectivity index (χ4v) is 7.04. The molecule has 0 N–H and O–H groups in total. The Morgan fingerprint density at radius 1 is 1.20 bits per heavy atom. The molecule has 0 fully saturated rings. The minimum absolute atomic E-state index is 0.201. The Hall–Kier alpha value is -0.426.